The van der Waals surface area contributed by atoms with E-state index in [0.29, 0.717) is 0 Å². The predicted octanol–water partition coefficient (Wildman–Crippen LogP) is -0.390. The van der Waals surface area contributed by atoms with Gasteiger partial charge in [0, 0.05) is 17.7 Å². The first-order valence-corrected chi connectivity index (χ1v) is 4.43. The Bertz CT molecular complexity index is 328. The van der Waals surface area contributed by atoms with E-state index in [1.807, 2.05) is 24.3 Å². The van der Waals surface area contributed by atoms with Crippen molar-refractivity contribution >= 4 is 12.4 Å². The minimum absolute atomic E-state index is 0. The third kappa shape index (κ3) is 5.12. The van der Waals surface area contributed by atoms with Gasteiger partial charge in [-0.2, -0.15) is 0 Å². The Labute approximate surface area is 109 Å². The molecular weight excluding hydrogens is 243 g/mol. The van der Waals surface area contributed by atoms with E-state index in [1.54, 1.807) is 0 Å². The summed E-state index contributed by atoms with van der Waals surface area (Å²) in [6, 6.07) is 16.6. The molecule has 0 aliphatic rings. The molecule has 0 amide bonds. The van der Waals surface area contributed by atoms with Crippen LogP contribution in [0.25, 0.3) is 0 Å². The molecule has 0 unspecified atom stereocenters. The van der Waals surface area contributed by atoms with Gasteiger partial charge in [0.1, 0.15) is 0 Å². The minimum atomic E-state index is 0. The fourth-order valence-corrected chi connectivity index (χ4v) is 1.33. The highest BCUT2D eigenvalue weighted by Gasteiger charge is 1.98. The van der Waals surface area contributed by atoms with Crippen LogP contribution in [0.15, 0.2) is 60.9 Å². The highest BCUT2D eigenvalue weighted by Crippen LogP contribution is 1.96. The van der Waals surface area contributed by atoms with Gasteiger partial charge in [0.15, 0.2) is 18.9 Å². The molecule has 0 fully saturated rings. The minimum Gasteiger partial charge on any atom is -1.00 e. The Balaban J connectivity index is 0. The monoisotopic (exact) mass is 258 g/mol. The highest BCUT2D eigenvalue weighted by molar-refractivity contribution is 5.85. The molecule has 0 aliphatic heterocycles. The van der Waals surface area contributed by atoms with Gasteiger partial charge >= 0.3 is 0 Å². The Kier molecular flexibility index (Phi) is 9.91. The van der Waals surface area contributed by atoms with Crippen molar-refractivity contribution in [3.63, 3.8) is 0 Å². The van der Waals surface area contributed by atoms with Crippen LogP contribution in [0.5, 0.6) is 0 Å². The molecule has 0 radical (unpaired) electrons. The molecule has 0 saturated carbocycles. The highest BCUT2D eigenvalue weighted by atomic mass is 35.5. The number of benzene rings is 1. The maximum Gasteiger partial charge on any atom is 0.173 e. The number of hydrogen-bond donors (Lipinski definition) is 1. The van der Waals surface area contributed by atoms with Crippen molar-refractivity contribution in [1.29, 1.82) is 0 Å². The Morgan fingerprint density at radius 3 is 1.88 bits per heavy atom. The molecule has 0 atom stereocenters. The molecule has 3 N–H and O–H groups in total. The SMILES string of the molecule is Cl.N.[Cl-].c1ccc(C[n+]2ccccc2)cc1. The third-order valence-electron chi connectivity index (χ3n) is 1.99. The normalized spacial score (nSPS) is 8.00. The molecule has 0 aliphatic carbocycles. The van der Waals surface area contributed by atoms with Crippen LogP contribution in [0.2, 0.25) is 0 Å². The van der Waals surface area contributed by atoms with E-state index in [4.69, 9.17) is 0 Å². The van der Waals surface area contributed by atoms with Gasteiger partial charge in [-0.25, -0.2) is 4.57 Å². The largest absolute Gasteiger partial charge is 1.00 e. The molecule has 0 saturated heterocycles. The van der Waals surface area contributed by atoms with Crippen LogP contribution in [0, 0.1) is 0 Å². The zero-order chi connectivity index (χ0) is 8.93. The van der Waals surface area contributed by atoms with E-state index < -0.39 is 0 Å². The van der Waals surface area contributed by atoms with Crippen LogP contribution in [0.1, 0.15) is 5.56 Å². The summed E-state index contributed by atoms with van der Waals surface area (Å²) in [7, 11) is 0. The topological polar surface area (TPSA) is 38.9 Å². The molecule has 2 rings (SSSR count). The second kappa shape index (κ2) is 9.16. The fraction of sp³-hybridized carbons (Fsp3) is 0.0833. The summed E-state index contributed by atoms with van der Waals surface area (Å²) in [5, 5.41) is 0. The quantitative estimate of drug-likeness (QED) is 0.733. The van der Waals surface area contributed by atoms with E-state index >= 15 is 0 Å². The van der Waals surface area contributed by atoms with E-state index in [-0.39, 0.29) is 31.0 Å². The summed E-state index contributed by atoms with van der Waals surface area (Å²) in [5.41, 5.74) is 1.33. The van der Waals surface area contributed by atoms with Gasteiger partial charge in [0.05, 0.1) is 0 Å². The molecule has 1 aromatic carbocycles. The van der Waals surface area contributed by atoms with Gasteiger partial charge in [-0.15, -0.1) is 12.4 Å². The van der Waals surface area contributed by atoms with Crippen molar-refractivity contribution in [2.45, 2.75) is 6.54 Å². The van der Waals surface area contributed by atoms with Crippen molar-refractivity contribution in [3.8, 4) is 0 Å². The second-order valence-electron chi connectivity index (χ2n) is 3.03. The summed E-state index contributed by atoms with van der Waals surface area (Å²) in [6.07, 6.45) is 4.15. The molecular formula is C12H16Cl2N2. The zero-order valence-corrected chi connectivity index (χ0v) is 10.5. The Morgan fingerprint density at radius 2 is 1.31 bits per heavy atom. The maximum absolute atomic E-state index is 2.16. The van der Waals surface area contributed by atoms with Crippen molar-refractivity contribution < 1.29 is 17.0 Å². The average Bonchev–Trinajstić information content (AvgIpc) is 2.21. The van der Waals surface area contributed by atoms with Crippen molar-refractivity contribution in [2.75, 3.05) is 0 Å². The smallest absolute Gasteiger partial charge is 0.173 e. The molecule has 88 valence electrons. The molecule has 0 bridgehead atoms. The van der Waals surface area contributed by atoms with E-state index in [9.17, 15) is 0 Å². The van der Waals surface area contributed by atoms with Crippen molar-refractivity contribution in [1.82, 2.24) is 6.15 Å². The lowest BCUT2D eigenvalue weighted by Gasteiger charge is -1.95. The molecule has 4 heteroatoms. The van der Waals surface area contributed by atoms with Gasteiger partial charge in [0.2, 0.25) is 0 Å². The van der Waals surface area contributed by atoms with Gasteiger partial charge in [-0.05, 0) is 0 Å². The maximum atomic E-state index is 2.16. The average molecular weight is 259 g/mol. The van der Waals surface area contributed by atoms with Crippen LogP contribution in [0.3, 0.4) is 0 Å². The van der Waals surface area contributed by atoms with Crippen LogP contribution in [-0.4, -0.2) is 0 Å². The molecule has 1 aromatic heterocycles. The summed E-state index contributed by atoms with van der Waals surface area (Å²) < 4.78 is 2.16. The second-order valence-corrected chi connectivity index (χ2v) is 3.03. The molecule has 2 nitrogen and oxygen atoms in total. The first-order chi connectivity index (χ1) is 6.45. The van der Waals surface area contributed by atoms with Crippen LogP contribution in [0.4, 0.5) is 0 Å². The lowest BCUT2D eigenvalue weighted by Crippen LogP contribution is -3.00. The number of nitrogens with zero attached hydrogens (tertiary/aromatic N) is 1. The van der Waals surface area contributed by atoms with E-state index in [0.717, 1.165) is 6.54 Å². The molecule has 16 heavy (non-hydrogen) atoms. The van der Waals surface area contributed by atoms with Gasteiger partial charge < -0.3 is 18.6 Å². The summed E-state index contributed by atoms with van der Waals surface area (Å²) in [5.74, 6) is 0. The van der Waals surface area contributed by atoms with Crippen LogP contribution >= 0.6 is 12.4 Å². The van der Waals surface area contributed by atoms with Crippen LogP contribution in [-0.2, 0) is 6.54 Å². The summed E-state index contributed by atoms with van der Waals surface area (Å²) in [6.45, 7) is 0.946. The first-order valence-electron chi connectivity index (χ1n) is 4.43. The summed E-state index contributed by atoms with van der Waals surface area (Å²) in [4.78, 5) is 0. The Hall–Kier alpha value is -1.09. The van der Waals surface area contributed by atoms with Crippen molar-refractivity contribution in [3.05, 3.63) is 66.5 Å². The number of aromatic nitrogens is 1. The number of hydrogen-bond acceptors (Lipinski definition) is 1. The van der Waals surface area contributed by atoms with Gasteiger partial charge in [0.25, 0.3) is 0 Å². The third-order valence-corrected chi connectivity index (χ3v) is 1.99. The Morgan fingerprint density at radius 1 is 0.812 bits per heavy atom. The fourth-order valence-electron chi connectivity index (χ4n) is 1.33. The lowest BCUT2D eigenvalue weighted by atomic mass is 10.2. The van der Waals surface area contributed by atoms with Gasteiger partial charge in [-0.1, -0.05) is 36.4 Å². The summed E-state index contributed by atoms with van der Waals surface area (Å²) >= 11 is 0. The lowest BCUT2D eigenvalue weighted by molar-refractivity contribution is -0.688. The number of pyridine rings is 1. The number of halogens is 2. The molecule has 0 spiro atoms. The first kappa shape index (κ1) is 17.3. The predicted molar refractivity (Wildman–Crippen MR) is 64.5 cm³/mol. The van der Waals surface area contributed by atoms with Gasteiger partial charge in [-0.3, -0.25) is 0 Å². The molecule has 1 heterocycles. The van der Waals surface area contributed by atoms with Crippen molar-refractivity contribution in [2.24, 2.45) is 0 Å². The van der Waals surface area contributed by atoms with Crippen LogP contribution < -0.4 is 23.1 Å². The van der Waals surface area contributed by atoms with E-state index in [2.05, 4.69) is 41.2 Å². The standard InChI is InChI=1S/C12H12N.2ClH.H3N/c1-3-7-12(8-4-1)11-13-9-5-2-6-10-13;;;/h1-10H,11H2;2*1H;1H3/q+1;;;/p-1. The zero-order valence-electron chi connectivity index (χ0n) is 8.92. The van der Waals surface area contributed by atoms with E-state index in [1.165, 1.54) is 5.56 Å². The molecule has 2 aromatic rings. The number of rotatable bonds is 2.